The maximum Gasteiger partial charge on any atom is 0.338 e. The van der Waals surface area contributed by atoms with Crippen molar-refractivity contribution >= 4 is 56.8 Å². The number of nitrogen functional groups attached to an aromatic ring is 1. The molecule has 3 N–H and O–H groups in total. The maximum atomic E-state index is 10.7. The van der Waals surface area contributed by atoms with Crippen LogP contribution in [0.25, 0.3) is 0 Å². The third-order valence-corrected chi connectivity index (χ3v) is 3.19. The van der Waals surface area contributed by atoms with E-state index in [1.807, 2.05) is 45.2 Å². The standard InChI is InChI=1S/C7H5I2NO2/c8-3-1-2-4(9)6(10)5(3)7(11)12/h1-2H,10H2,(H,11,12). The number of hydrogen-bond donors (Lipinski definition) is 2. The van der Waals surface area contributed by atoms with Crippen molar-refractivity contribution in [2.75, 3.05) is 5.73 Å². The summed E-state index contributed by atoms with van der Waals surface area (Å²) in [5.74, 6) is -0.976. The molecule has 0 saturated heterocycles. The first-order valence-corrected chi connectivity index (χ1v) is 5.16. The summed E-state index contributed by atoms with van der Waals surface area (Å²) in [5, 5.41) is 8.78. The van der Waals surface area contributed by atoms with E-state index in [4.69, 9.17) is 10.8 Å². The molecule has 3 nitrogen and oxygen atoms in total. The first-order valence-electron chi connectivity index (χ1n) is 3.01. The van der Waals surface area contributed by atoms with Crippen molar-refractivity contribution in [2.24, 2.45) is 0 Å². The normalized spacial score (nSPS) is 9.83. The molecular weight excluding hydrogens is 384 g/mol. The van der Waals surface area contributed by atoms with Crippen LogP contribution in [0.1, 0.15) is 10.4 Å². The van der Waals surface area contributed by atoms with Crippen molar-refractivity contribution in [2.45, 2.75) is 0 Å². The number of benzene rings is 1. The minimum atomic E-state index is -0.976. The van der Waals surface area contributed by atoms with Crippen LogP contribution in [0.5, 0.6) is 0 Å². The summed E-state index contributed by atoms with van der Waals surface area (Å²) < 4.78 is 1.43. The van der Waals surface area contributed by atoms with E-state index < -0.39 is 5.97 Å². The molecule has 1 aromatic carbocycles. The zero-order valence-corrected chi connectivity index (χ0v) is 10.2. The lowest BCUT2D eigenvalue weighted by Gasteiger charge is -2.04. The number of carboxylic acid groups (broad SMARTS) is 1. The van der Waals surface area contributed by atoms with Crippen molar-refractivity contribution in [1.29, 1.82) is 0 Å². The summed E-state index contributed by atoms with van der Waals surface area (Å²) in [6.07, 6.45) is 0. The van der Waals surface area contributed by atoms with Gasteiger partial charge in [-0.1, -0.05) is 0 Å². The molecule has 0 amide bonds. The third kappa shape index (κ3) is 1.82. The Morgan fingerprint density at radius 2 is 1.83 bits per heavy atom. The van der Waals surface area contributed by atoms with Crippen molar-refractivity contribution in [3.8, 4) is 0 Å². The molecule has 0 fully saturated rings. The molecule has 0 aliphatic heterocycles. The van der Waals surface area contributed by atoms with E-state index in [1.165, 1.54) is 0 Å². The Hall–Kier alpha value is -0.0500. The van der Waals surface area contributed by atoms with Crippen LogP contribution in [0.3, 0.4) is 0 Å². The number of rotatable bonds is 1. The lowest BCUT2D eigenvalue weighted by atomic mass is 10.2. The van der Waals surface area contributed by atoms with Gasteiger partial charge in [0.1, 0.15) is 0 Å². The van der Waals surface area contributed by atoms with Gasteiger partial charge >= 0.3 is 5.97 Å². The van der Waals surface area contributed by atoms with Crippen molar-refractivity contribution in [1.82, 2.24) is 0 Å². The van der Waals surface area contributed by atoms with Crippen LogP contribution >= 0.6 is 45.2 Å². The predicted octanol–water partition coefficient (Wildman–Crippen LogP) is 2.18. The van der Waals surface area contributed by atoms with E-state index in [1.54, 1.807) is 12.1 Å². The summed E-state index contributed by atoms with van der Waals surface area (Å²) in [4.78, 5) is 10.7. The van der Waals surface area contributed by atoms with Crippen molar-refractivity contribution in [3.63, 3.8) is 0 Å². The lowest BCUT2D eigenvalue weighted by molar-refractivity contribution is 0.0697. The number of anilines is 1. The van der Waals surface area contributed by atoms with E-state index in [-0.39, 0.29) is 5.56 Å². The Balaban J connectivity index is 3.43. The van der Waals surface area contributed by atoms with Crippen molar-refractivity contribution in [3.05, 3.63) is 24.8 Å². The molecule has 0 spiro atoms. The van der Waals surface area contributed by atoms with E-state index in [9.17, 15) is 4.79 Å². The van der Waals surface area contributed by atoms with Gasteiger partial charge in [-0.3, -0.25) is 0 Å². The van der Waals surface area contributed by atoms with Crippen LogP contribution in [0.2, 0.25) is 0 Å². The topological polar surface area (TPSA) is 63.3 Å². The van der Waals surface area contributed by atoms with Crippen LogP contribution in [0.15, 0.2) is 12.1 Å². The highest BCUT2D eigenvalue weighted by Crippen LogP contribution is 2.24. The van der Waals surface area contributed by atoms with Gasteiger partial charge in [-0.05, 0) is 57.3 Å². The lowest BCUT2D eigenvalue weighted by Crippen LogP contribution is -2.06. The second kappa shape index (κ2) is 3.77. The molecule has 5 heteroatoms. The number of carboxylic acids is 1. The number of halogens is 2. The minimum absolute atomic E-state index is 0.197. The fraction of sp³-hybridized carbons (Fsp3) is 0. The quantitative estimate of drug-likeness (QED) is 0.572. The molecule has 0 heterocycles. The summed E-state index contributed by atoms with van der Waals surface area (Å²) in [7, 11) is 0. The van der Waals surface area contributed by atoms with E-state index in [0.29, 0.717) is 9.26 Å². The second-order valence-corrected chi connectivity index (χ2v) is 4.45. The van der Waals surface area contributed by atoms with Gasteiger partial charge in [0.05, 0.1) is 11.3 Å². The largest absolute Gasteiger partial charge is 0.478 e. The molecule has 1 rings (SSSR count). The number of hydrogen-bond acceptors (Lipinski definition) is 2. The number of carbonyl (C=O) groups is 1. The number of aromatic carboxylic acids is 1. The van der Waals surface area contributed by atoms with Crippen LogP contribution < -0.4 is 5.73 Å². The molecule has 0 unspecified atom stereocenters. The van der Waals surface area contributed by atoms with Gasteiger partial charge in [0.2, 0.25) is 0 Å². The van der Waals surface area contributed by atoms with E-state index >= 15 is 0 Å². The monoisotopic (exact) mass is 389 g/mol. The fourth-order valence-electron chi connectivity index (χ4n) is 0.785. The van der Waals surface area contributed by atoms with Gasteiger partial charge in [0, 0.05) is 7.14 Å². The van der Waals surface area contributed by atoms with Crippen LogP contribution in [-0.4, -0.2) is 11.1 Å². The Morgan fingerprint density at radius 3 is 2.25 bits per heavy atom. The van der Waals surface area contributed by atoms with Gasteiger partial charge in [-0.15, -0.1) is 0 Å². The molecule has 0 aliphatic carbocycles. The third-order valence-electron chi connectivity index (χ3n) is 1.36. The Morgan fingerprint density at radius 1 is 1.33 bits per heavy atom. The molecule has 12 heavy (non-hydrogen) atoms. The fourth-order valence-corrected chi connectivity index (χ4v) is 1.94. The average molecular weight is 389 g/mol. The molecule has 1 aromatic rings. The zero-order valence-electron chi connectivity index (χ0n) is 5.84. The van der Waals surface area contributed by atoms with Crippen molar-refractivity contribution < 1.29 is 9.90 Å². The van der Waals surface area contributed by atoms with Gasteiger partial charge in [0.15, 0.2) is 0 Å². The van der Waals surface area contributed by atoms with Crippen LogP contribution in [0, 0.1) is 7.14 Å². The summed E-state index contributed by atoms with van der Waals surface area (Å²) >= 11 is 3.96. The summed E-state index contributed by atoms with van der Waals surface area (Å²) in [6, 6.07) is 3.53. The highest BCUT2D eigenvalue weighted by molar-refractivity contribution is 14.1. The molecule has 0 aromatic heterocycles. The molecule has 0 bridgehead atoms. The molecule has 0 saturated carbocycles. The van der Waals surface area contributed by atoms with Crippen LogP contribution in [0.4, 0.5) is 5.69 Å². The minimum Gasteiger partial charge on any atom is -0.478 e. The molecule has 0 radical (unpaired) electrons. The Labute approximate surface area is 96.6 Å². The van der Waals surface area contributed by atoms with Gasteiger partial charge in [0.25, 0.3) is 0 Å². The Kier molecular flexibility index (Phi) is 3.16. The molecule has 0 atom stereocenters. The zero-order chi connectivity index (χ0) is 9.30. The summed E-state index contributed by atoms with van der Waals surface area (Å²) in [6.45, 7) is 0. The smallest absolute Gasteiger partial charge is 0.338 e. The Bertz CT molecular complexity index is 338. The van der Waals surface area contributed by atoms with Gasteiger partial charge in [-0.2, -0.15) is 0 Å². The number of nitrogens with two attached hydrogens (primary N) is 1. The first kappa shape index (κ1) is 10.0. The highest BCUT2D eigenvalue weighted by Gasteiger charge is 2.13. The van der Waals surface area contributed by atoms with E-state index in [0.717, 1.165) is 3.57 Å². The molecular formula is C7H5I2NO2. The average Bonchev–Trinajstić information content (AvgIpc) is 1.97. The SMILES string of the molecule is Nc1c(I)ccc(I)c1C(=O)O. The van der Waals surface area contributed by atoms with Gasteiger partial charge in [-0.25, -0.2) is 4.79 Å². The summed E-state index contributed by atoms with van der Waals surface area (Å²) in [5.41, 5.74) is 6.13. The van der Waals surface area contributed by atoms with E-state index in [2.05, 4.69) is 0 Å². The highest BCUT2D eigenvalue weighted by atomic mass is 127. The first-order chi connectivity index (χ1) is 5.54. The maximum absolute atomic E-state index is 10.7. The second-order valence-electron chi connectivity index (χ2n) is 2.12. The molecule has 64 valence electrons. The van der Waals surface area contributed by atoms with Gasteiger partial charge < -0.3 is 10.8 Å². The van der Waals surface area contributed by atoms with Crippen LogP contribution in [-0.2, 0) is 0 Å². The predicted molar refractivity (Wildman–Crippen MR) is 63.2 cm³/mol. The molecule has 0 aliphatic rings.